The summed E-state index contributed by atoms with van der Waals surface area (Å²) in [6, 6.07) is 6.57. The van der Waals surface area contributed by atoms with E-state index in [1.807, 2.05) is 0 Å². The first-order valence-corrected chi connectivity index (χ1v) is 5.81. The van der Waals surface area contributed by atoms with Gasteiger partial charge in [-0.25, -0.2) is 9.37 Å². The van der Waals surface area contributed by atoms with Crippen LogP contribution < -0.4 is 15.6 Å². The number of H-pyrrole nitrogens is 1. The van der Waals surface area contributed by atoms with Gasteiger partial charge in [0, 0.05) is 6.54 Å². The molecule has 2 rings (SSSR count). The second-order valence-corrected chi connectivity index (χ2v) is 3.88. The smallest absolute Gasteiger partial charge is 0.295 e. The van der Waals surface area contributed by atoms with Gasteiger partial charge in [0.05, 0.1) is 13.4 Å². The van der Waals surface area contributed by atoms with Gasteiger partial charge in [0.15, 0.2) is 5.82 Å². The molecule has 0 aliphatic carbocycles. The van der Waals surface area contributed by atoms with E-state index >= 15 is 0 Å². The van der Waals surface area contributed by atoms with E-state index in [9.17, 15) is 9.18 Å². The van der Waals surface area contributed by atoms with E-state index in [0.29, 0.717) is 24.3 Å². The van der Waals surface area contributed by atoms with Crippen LogP contribution in [-0.4, -0.2) is 23.6 Å². The molecule has 1 heterocycles. The lowest BCUT2D eigenvalue weighted by Crippen LogP contribution is -2.15. The van der Waals surface area contributed by atoms with Gasteiger partial charge in [0.2, 0.25) is 5.75 Å². The fourth-order valence-corrected chi connectivity index (χ4v) is 1.72. The second kappa shape index (κ2) is 5.99. The largest absolute Gasteiger partial charge is 0.489 e. The summed E-state index contributed by atoms with van der Waals surface area (Å²) in [5.74, 6) is 0.230. The number of nitrogens with one attached hydrogen (secondary N) is 2. The maximum absolute atomic E-state index is 13.4. The molecule has 0 aliphatic heterocycles. The fourth-order valence-electron chi connectivity index (χ4n) is 1.72. The normalized spacial score (nSPS) is 10.2. The van der Waals surface area contributed by atoms with Crippen molar-refractivity contribution in [3.8, 4) is 5.75 Å². The van der Waals surface area contributed by atoms with Crippen LogP contribution in [0.25, 0.3) is 0 Å². The van der Waals surface area contributed by atoms with Crippen molar-refractivity contribution >= 4 is 5.82 Å². The van der Waals surface area contributed by atoms with E-state index in [1.54, 1.807) is 18.2 Å². The number of hydrogen-bond acceptors (Lipinski definition) is 4. The van der Waals surface area contributed by atoms with Gasteiger partial charge < -0.3 is 15.0 Å². The molecule has 0 aliphatic rings. The van der Waals surface area contributed by atoms with Crippen LogP contribution in [0.15, 0.2) is 35.4 Å². The Morgan fingerprint density at radius 3 is 2.95 bits per heavy atom. The van der Waals surface area contributed by atoms with Gasteiger partial charge in [0.1, 0.15) is 5.82 Å². The highest BCUT2D eigenvalue weighted by Crippen LogP contribution is 2.14. The zero-order valence-corrected chi connectivity index (χ0v) is 10.4. The Balaban J connectivity index is 2.02. The third kappa shape index (κ3) is 3.09. The van der Waals surface area contributed by atoms with Crippen molar-refractivity contribution in [2.45, 2.75) is 6.42 Å². The molecule has 0 fully saturated rings. The molecule has 0 radical (unpaired) electrons. The zero-order valence-electron chi connectivity index (χ0n) is 10.4. The van der Waals surface area contributed by atoms with Gasteiger partial charge in [-0.1, -0.05) is 18.2 Å². The number of aromatic amines is 1. The van der Waals surface area contributed by atoms with Crippen molar-refractivity contribution < 1.29 is 9.13 Å². The molecule has 2 aromatic rings. The Kier molecular flexibility index (Phi) is 4.12. The van der Waals surface area contributed by atoms with Crippen LogP contribution in [0, 0.1) is 5.82 Å². The number of rotatable bonds is 5. The number of nitrogens with zero attached hydrogens (tertiary/aromatic N) is 1. The molecular weight excluding hydrogens is 249 g/mol. The first-order valence-electron chi connectivity index (χ1n) is 5.81. The van der Waals surface area contributed by atoms with Gasteiger partial charge in [-0.05, 0) is 18.1 Å². The molecule has 1 aromatic carbocycles. The fraction of sp³-hybridized carbons (Fsp3) is 0.231. The van der Waals surface area contributed by atoms with Gasteiger partial charge in [-0.15, -0.1) is 0 Å². The lowest BCUT2D eigenvalue weighted by molar-refractivity contribution is 0.408. The first kappa shape index (κ1) is 13.1. The number of aromatic nitrogens is 2. The molecule has 0 unspecified atom stereocenters. The molecule has 0 amide bonds. The Labute approximate surface area is 109 Å². The van der Waals surface area contributed by atoms with Crippen LogP contribution in [0.3, 0.4) is 0 Å². The van der Waals surface area contributed by atoms with Crippen molar-refractivity contribution in [3.05, 3.63) is 52.3 Å². The average molecular weight is 263 g/mol. The van der Waals surface area contributed by atoms with Crippen molar-refractivity contribution in [1.82, 2.24) is 9.97 Å². The Hall–Kier alpha value is -2.37. The molecule has 100 valence electrons. The number of ether oxygens (including phenoxy) is 1. The number of anilines is 1. The Morgan fingerprint density at radius 1 is 1.42 bits per heavy atom. The number of methoxy groups -OCH3 is 1. The maximum atomic E-state index is 13.4. The highest BCUT2D eigenvalue weighted by Gasteiger charge is 2.08. The predicted octanol–water partition coefficient (Wildman–Crippen LogP) is 1.57. The highest BCUT2D eigenvalue weighted by atomic mass is 19.1. The van der Waals surface area contributed by atoms with Gasteiger partial charge >= 0.3 is 0 Å². The lowest BCUT2D eigenvalue weighted by Gasteiger charge is -2.09. The molecular formula is C13H14FN3O2. The third-order valence-electron chi connectivity index (χ3n) is 2.66. The summed E-state index contributed by atoms with van der Waals surface area (Å²) in [6.45, 7) is 0.452. The van der Waals surface area contributed by atoms with Crippen LogP contribution in [0.4, 0.5) is 10.2 Å². The molecule has 0 spiro atoms. The maximum Gasteiger partial charge on any atom is 0.295 e. The van der Waals surface area contributed by atoms with Crippen LogP contribution in [0.1, 0.15) is 5.56 Å². The standard InChI is InChI=1S/C13H14FN3O2/c1-19-11-12(16-8-17-13(11)18)15-7-6-9-4-2-3-5-10(9)14/h2-5,8H,6-7H2,1H3,(H2,15,16,17,18). The van der Waals surface area contributed by atoms with E-state index in [-0.39, 0.29) is 17.1 Å². The van der Waals surface area contributed by atoms with Gasteiger partial charge in [-0.3, -0.25) is 4.79 Å². The molecule has 1 aromatic heterocycles. The van der Waals surface area contributed by atoms with E-state index < -0.39 is 0 Å². The molecule has 19 heavy (non-hydrogen) atoms. The molecule has 2 N–H and O–H groups in total. The summed E-state index contributed by atoms with van der Waals surface area (Å²) in [5, 5.41) is 2.96. The molecule has 0 bridgehead atoms. The molecule has 6 heteroatoms. The topological polar surface area (TPSA) is 67.0 Å². The SMILES string of the molecule is COc1c(NCCc2ccccc2F)nc[nH]c1=O. The summed E-state index contributed by atoms with van der Waals surface area (Å²) in [4.78, 5) is 17.8. The van der Waals surface area contributed by atoms with Crippen molar-refractivity contribution in [2.75, 3.05) is 19.0 Å². The van der Waals surface area contributed by atoms with E-state index in [4.69, 9.17) is 4.74 Å². The minimum absolute atomic E-state index is 0.121. The van der Waals surface area contributed by atoms with Crippen LogP contribution >= 0.6 is 0 Å². The monoisotopic (exact) mass is 263 g/mol. The Morgan fingerprint density at radius 2 is 2.21 bits per heavy atom. The minimum atomic E-state index is -0.356. The van der Waals surface area contributed by atoms with Gasteiger partial charge in [-0.2, -0.15) is 0 Å². The summed E-state index contributed by atoms with van der Waals surface area (Å²) in [5.41, 5.74) is 0.254. The average Bonchev–Trinajstić information content (AvgIpc) is 2.41. The van der Waals surface area contributed by atoms with E-state index in [0.717, 1.165) is 0 Å². The molecule has 5 nitrogen and oxygen atoms in total. The van der Waals surface area contributed by atoms with E-state index in [1.165, 1.54) is 19.5 Å². The molecule has 0 saturated heterocycles. The summed E-state index contributed by atoms with van der Waals surface area (Å²) in [6.07, 6.45) is 1.78. The summed E-state index contributed by atoms with van der Waals surface area (Å²) in [7, 11) is 1.40. The summed E-state index contributed by atoms with van der Waals surface area (Å²) < 4.78 is 18.4. The van der Waals surface area contributed by atoms with Crippen molar-refractivity contribution in [2.24, 2.45) is 0 Å². The zero-order chi connectivity index (χ0) is 13.7. The highest BCUT2D eigenvalue weighted by molar-refractivity contribution is 5.47. The van der Waals surface area contributed by atoms with Crippen LogP contribution in [-0.2, 0) is 6.42 Å². The second-order valence-electron chi connectivity index (χ2n) is 3.88. The first-order chi connectivity index (χ1) is 9.22. The van der Waals surface area contributed by atoms with Crippen molar-refractivity contribution in [3.63, 3.8) is 0 Å². The Bertz CT molecular complexity index is 613. The van der Waals surface area contributed by atoms with Gasteiger partial charge in [0.25, 0.3) is 5.56 Å². The lowest BCUT2D eigenvalue weighted by atomic mass is 10.1. The van der Waals surface area contributed by atoms with Crippen molar-refractivity contribution in [1.29, 1.82) is 0 Å². The molecule has 0 atom stereocenters. The number of hydrogen-bond donors (Lipinski definition) is 2. The third-order valence-corrected chi connectivity index (χ3v) is 2.66. The minimum Gasteiger partial charge on any atom is -0.489 e. The van der Waals surface area contributed by atoms with E-state index in [2.05, 4.69) is 15.3 Å². The molecule has 0 saturated carbocycles. The number of benzene rings is 1. The van der Waals surface area contributed by atoms with Crippen LogP contribution in [0.5, 0.6) is 5.75 Å². The quantitative estimate of drug-likeness (QED) is 0.859. The number of halogens is 1. The van der Waals surface area contributed by atoms with Crippen LogP contribution in [0.2, 0.25) is 0 Å². The summed E-state index contributed by atoms with van der Waals surface area (Å²) >= 11 is 0. The predicted molar refractivity (Wildman–Crippen MR) is 70.0 cm³/mol.